The molecular weight excluding hydrogens is 366 g/mol. The number of rotatable bonds is 4. The Morgan fingerprint density at radius 2 is 1.96 bits per heavy atom. The van der Waals surface area contributed by atoms with E-state index in [2.05, 4.69) is 31.5 Å². The van der Waals surface area contributed by atoms with Gasteiger partial charge in [0.2, 0.25) is 0 Å². The first-order valence-corrected chi connectivity index (χ1v) is 9.21. The number of carbonyl (C=O) groups excluding carboxylic acids is 1. The molecule has 0 atom stereocenters. The molecule has 1 aliphatic rings. The lowest BCUT2D eigenvalue weighted by molar-refractivity contribution is 0.102. The number of pyridine rings is 1. The molecule has 4 nitrogen and oxygen atoms in total. The van der Waals surface area contributed by atoms with Gasteiger partial charge in [-0.05, 0) is 55.7 Å². The number of amides is 1. The lowest BCUT2D eigenvalue weighted by Crippen LogP contribution is -2.22. The van der Waals surface area contributed by atoms with E-state index in [0.717, 1.165) is 21.5 Å². The normalized spacial score (nSPS) is 15.1. The predicted octanol–water partition coefficient (Wildman–Crippen LogP) is 5.15. The quantitative estimate of drug-likeness (QED) is 0.762. The van der Waals surface area contributed by atoms with Crippen molar-refractivity contribution in [2.75, 3.05) is 10.6 Å². The molecule has 1 aromatic carbocycles. The Hall–Kier alpha value is -1.88. The molecule has 126 valence electrons. The number of nitrogens with zero attached hydrogens (tertiary/aromatic N) is 1. The van der Waals surface area contributed by atoms with Crippen molar-refractivity contribution >= 4 is 33.3 Å². The average molecular weight is 388 g/mol. The Bertz CT molecular complexity index is 709. The van der Waals surface area contributed by atoms with Crippen molar-refractivity contribution in [2.45, 2.75) is 45.1 Å². The summed E-state index contributed by atoms with van der Waals surface area (Å²) in [5.41, 5.74) is 2.42. The molecule has 0 unspecified atom stereocenters. The van der Waals surface area contributed by atoms with Gasteiger partial charge in [-0.15, -0.1) is 0 Å². The van der Waals surface area contributed by atoms with Crippen LogP contribution in [0.15, 0.2) is 41.0 Å². The van der Waals surface area contributed by atoms with Gasteiger partial charge in [-0.2, -0.15) is 0 Å². The van der Waals surface area contributed by atoms with Crippen molar-refractivity contribution in [3.63, 3.8) is 0 Å². The van der Waals surface area contributed by atoms with E-state index in [1.165, 1.54) is 32.1 Å². The molecular formula is C19H22BrN3O. The summed E-state index contributed by atoms with van der Waals surface area (Å²) in [4.78, 5) is 16.7. The average Bonchev–Trinajstić information content (AvgIpc) is 2.60. The summed E-state index contributed by atoms with van der Waals surface area (Å²) in [5.74, 6) is 0.700. The number of hydrogen-bond donors (Lipinski definition) is 2. The molecule has 0 radical (unpaired) electrons. The Balaban J connectivity index is 1.61. The Morgan fingerprint density at radius 1 is 1.17 bits per heavy atom. The number of aryl methyl sites for hydroxylation is 1. The zero-order chi connectivity index (χ0) is 16.9. The van der Waals surface area contributed by atoms with Crippen LogP contribution in [0.4, 0.5) is 11.5 Å². The number of halogens is 1. The van der Waals surface area contributed by atoms with Gasteiger partial charge in [-0.1, -0.05) is 35.2 Å². The zero-order valence-corrected chi connectivity index (χ0v) is 15.4. The summed E-state index contributed by atoms with van der Waals surface area (Å²) in [5, 5.41) is 6.37. The summed E-state index contributed by atoms with van der Waals surface area (Å²) >= 11 is 3.46. The highest BCUT2D eigenvalue weighted by Crippen LogP contribution is 2.22. The van der Waals surface area contributed by atoms with Gasteiger partial charge in [-0.25, -0.2) is 4.98 Å². The lowest BCUT2D eigenvalue weighted by Gasteiger charge is -2.23. The minimum Gasteiger partial charge on any atom is -0.367 e. The number of anilines is 2. The molecule has 0 aliphatic heterocycles. The van der Waals surface area contributed by atoms with Gasteiger partial charge < -0.3 is 10.6 Å². The maximum absolute atomic E-state index is 12.3. The highest BCUT2D eigenvalue weighted by molar-refractivity contribution is 9.10. The summed E-state index contributed by atoms with van der Waals surface area (Å²) in [6.45, 7) is 1.99. The van der Waals surface area contributed by atoms with Crippen LogP contribution in [0.5, 0.6) is 0 Å². The second-order valence-electron chi connectivity index (χ2n) is 6.33. The molecule has 1 fully saturated rings. The van der Waals surface area contributed by atoms with Crippen molar-refractivity contribution < 1.29 is 4.79 Å². The van der Waals surface area contributed by atoms with E-state index in [1.54, 1.807) is 6.20 Å². The standard InChI is InChI=1S/C19H22BrN3O/c1-13-11-16(8-9-17(13)20)23-19(24)14-7-10-18(21-12-14)22-15-5-3-2-4-6-15/h7-12,15H,2-6H2,1H3,(H,21,22)(H,23,24). The number of nitrogens with one attached hydrogen (secondary N) is 2. The minimum absolute atomic E-state index is 0.145. The highest BCUT2D eigenvalue weighted by Gasteiger charge is 2.14. The monoisotopic (exact) mass is 387 g/mol. The van der Waals surface area contributed by atoms with E-state index in [4.69, 9.17) is 0 Å². The first kappa shape index (κ1) is 17.0. The van der Waals surface area contributed by atoms with Crippen LogP contribution in [0, 0.1) is 6.92 Å². The fourth-order valence-electron chi connectivity index (χ4n) is 3.00. The highest BCUT2D eigenvalue weighted by atomic mass is 79.9. The summed E-state index contributed by atoms with van der Waals surface area (Å²) < 4.78 is 1.03. The van der Waals surface area contributed by atoms with Crippen molar-refractivity contribution in [3.05, 3.63) is 52.1 Å². The topological polar surface area (TPSA) is 54.0 Å². The second-order valence-corrected chi connectivity index (χ2v) is 7.18. The molecule has 2 N–H and O–H groups in total. The maximum atomic E-state index is 12.3. The summed E-state index contributed by atoms with van der Waals surface area (Å²) in [6.07, 6.45) is 7.93. The third-order valence-electron chi connectivity index (χ3n) is 4.40. The van der Waals surface area contributed by atoms with E-state index in [9.17, 15) is 4.79 Å². The Morgan fingerprint density at radius 3 is 2.62 bits per heavy atom. The van der Waals surface area contributed by atoms with Crippen LogP contribution in [0.3, 0.4) is 0 Å². The number of aromatic nitrogens is 1. The van der Waals surface area contributed by atoms with E-state index in [-0.39, 0.29) is 5.91 Å². The number of hydrogen-bond acceptors (Lipinski definition) is 3. The van der Waals surface area contributed by atoms with Crippen molar-refractivity contribution in [1.82, 2.24) is 4.98 Å². The van der Waals surface area contributed by atoms with Gasteiger partial charge in [-0.3, -0.25) is 4.79 Å². The van der Waals surface area contributed by atoms with Crippen LogP contribution < -0.4 is 10.6 Å². The smallest absolute Gasteiger partial charge is 0.257 e. The number of benzene rings is 1. The molecule has 1 saturated carbocycles. The largest absolute Gasteiger partial charge is 0.367 e. The molecule has 1 amide bonds. The molecule has 0 saturated heterocycles. The molecule has 0 spiro atoms. The molecule has 3 rings (SSSR count). The third kappa shape index (κ3) is 4.35. The van der Waals surface area contributed by atoms with Gasteiger partial charge in [0.25, 0.3) is 5.91 Å². The van der Waals surface area contributed by atoms with Crippen LogP contribution in [0.25, 0.3) is 0 Å². The number of carbonyl (C=O) groups is 1. The summed E-state index contributed by atoms with van der Waals surface area (Å²) in [7, 11) is 0. The van der Waals surface area contributed by atoms with Gasteiger partial charge >= 0.3 is 0 Å². The SMILES string of the molecule is Cc1cc(NC(=O)c2ccc(NC3CCCCC3)nc2)ccc1Br. The van der Waals surface area contributed by atoms with Crippen LogP contribution in [0.1, 0.15) is 48.0 Å². The summed E-state index contributed by atoms with van der Waals surface area (Å²) in [6, 6.07) is 9.96. The fraction of sp³-hybridized carbons (Fsp3) is 0.368. The molecule has 24 heavy (non-hydrogen) atoms. The van der Waals surface area contributed by atoms with Gasteiger partial charge in [0.05, 0.1) is 5.56 Å². The van der Waals surface area contributed by atoms with E-state index in [1.807, 2.05) is 37.3 Å². The molecule has 0 bridgehead atoms. The van der Waals surface area contributed by atoms with Crippen molar-refractivity contribution in [1.29, 1.82) is 0 Å². The molecule has 2 aromatic rings. The van der Waals surface area contributed by atoms with E-state index in [0.29, 0.717) is 11.6 Å². The first-order valence-electron chi connectivity index (χ1n) is 8.42. The van der Waals surface area contributed by atoms with E-state index >= 15 is 0 Å². The van der Waals surface area contributed by atoms with Crippen LogP contribution in [-0.2, 0) is 0 Å². The Kier molecular flexibility index (Phi) is 5.51. The third-order valence-corrected chi connectivity index (χ3v) is 5.29. The van der Waals surface area contributed by atoms with Crippen molar-refractivity contribution in [3.8, 4) is 0 Å². The van der Waals surface area contributed by atoms with Gasteiger partial charge in [0, 0.05) is 22.4 Å². The molecule has 1 aromatic heterocycles. The predicted molar refractivity (Wildman–Crippen MR) is 102 cm³/mol. The minimum atomic E-state index is -0.145. The van der Waals surface area contributed by atoms with Crippen LogP contribution >= 0.6 is 15.9 Å². The fourth-order valence-corrected chi connectivity index (χ4v) is 3.24. The molecule has 5 heteroatoms. The zero-order valence-electron chi connectivity index (χ0n) is 13.8. The lowest BCUT2D eigenvalue weighted by atomic mass is 9.95. The molecule has 1 heterocycles. The van der Waals surface area contributed by atoms with Crippen LogP contribution in [-0.4, -0.2) is 16.9 Å². The van der Waals surface area contributed by atoms with E-state index < -0.39 is 0 Å². The van der Waals surface area contributed by atoms with Gasteiger partial charge in [0.15, 0.2) is 0 Å². The van der Waals surface area contributed by atoms with Gasteiger partial charge in [0.1, 0.15) is 5.82 Å². The van der Waals surface area contributed by atoms with Crippen molar-refractivity contribution in [2.24, 2.45) is 0 Å². The second kappa shape index (κ2) is 7.79. The van der Waals surface area contributed by atoms with Crippen LogP contribution in [0.2, 0.25) is 0 Å². The molecule has 1 aliphatic carbocycles. The first-order chi connectivity index (χ1) is 11.6. The Labute approximate surface area is 151 Å². The maximum Gasteiger partial charge on any atom is 0.257 e.